The molecule has 0 radical (unpaired) electrons. The first-order valence-electron chi connectivity index (χ1n) is 11.0. The van der Waals surface area contributed by atoms with E-state index < -0.39 is 0 Å². The van der Waals surface area contributed by atoms with Crippen LogP contribution in [0.4, 0.5) is 0 Å². The molecule has 2 unspecified atom stereocenters. The van der Waals surface area contributed by atoms with E-state index in [-0.39, 0.29) is 0 Å². The predicted octanol–water partition coefficient (Wildman–Crippen LogP) is 6.15. The standard InChI is InChI=1S/C28H26N2O2/c1-19(30-31)26-16-22(26)15-20-11-13-24(14-12-20)32-18-23-17-28(21-7-3-2-4-8-21)29-27-10-6-5-9-25(23)27/h2-14,17,22,26,30-31H,1,15-16,18H2. The van der Waals surface area contributed by atoms with Gasteiger partial charge in [0.2, 0.25) is 0 Å². The van der Waals surface area contributed by atoms with Crippen molar-refractivity contribution in [3.63, 3.8) is 0 Å². The van der Waals surface area contributed by atoms with Gasteiger partial charge in [0.15, 0.2) is 0 Å². The third kappa shape index (κ3) is 4.36. The largest absolute Gasteiger partial charge is 0.489 e. The van der Waals surface area contributed by atoms with Crippen molar-refractivity contribution in [2.45, 2.75) is 19.4 Å². The van der Waals surface area contributed by atoms with Gasteiger partial charge in [0, 0.05) is 28.1 Å². The summed E-state index contributed by atoms with van der Waals surface area (Å²) < 4.78 is 6.16. The normalized spacial score (nSPS) is 17.2. The number of pyridine rings is 1. The highest BCUT2D eigenvalue weighted by Crippen LogP contribution is 2.44. The Balaban J connectivity index is 1.30. The molecule has 1 aliphatic rings. The minimum Gasteiger partial charge on any atom is -0.489 e. The molecule has 1 saturated carbocycles. The maximum atomic E-state index is 9.00. The number of nitrogens with one attached hydrogen (secondary N) is 1. The summed E-state index contributed by atoms with van der Waals surface area (Å²) in [6.45, 7) is 4.34. The molecule has 4 nitrogen and oxygen atoms in total. The van der Waals surface area contributed by atoms with E-state index in [1.165, 1.54) is 5.56 Å². The van der Waals surface area contributed by atoms with Gasteiger partial charge in [0.1, 0.15) is 12.4 Å². The number of hydrogen-bond acceptors (Lipinski definition) is 4. The van der Waals surface area contributed by atoms with Crippen LogP contribution in [-0.4, -0.2) is 10.2 Å². The maximum Gasteiger partial charge on any atom is 0.119 e. The van der Waals surface area contributed by atoms with Crippen molar-refractivity contribution in [1.29, 1.82) is 0 Å². The number of nitrogens with zero attached hydrogens (tertiary/aromatic N) is 1. The van der Waals surface area contributed by atoms with Crippen molar-refractivity contribution < 1.29 is 9.94 Å². The molecule has 0 spiro atoms. The summed E-state index contributed by atoms with van der Waals surface area (Å²) in [4.78, 5) is 4.85. The van der Waals surface area contributed by atoms with Gasteiger partial charge in [-0.2, -0.15) is 0 Å². The lowest BCUT2D eigenvalue weighted by atomic mass is 10.0. The van der Waals surface area contributed by atoms with Crippen LogP contribution in [-0.2, 0) is 13.0 Å². The highest BCUT2D eigenvalue weighted by Gasteiger charge is 2.38. The second-order valence-electron chi connectivity index (χ2n) is 8.43. The van der Waals surface area contributed by atoms with Crippen LogP contribution in [0.1, 0.15) is 17.5 Å². The molecule has 4 heteroatoms. The van der Waals surface area contributed by atoms with Crippen LogP contribution in [0.3, 0.4) is 0 Å². The zero-order chi connectivity index (χ0) is 21.9. The lowest BCUT2D eigenvalue weighted by molar-refractivity contribution is 0.193. The van der Waals surface area contributed by atoms with Gasteiger partial charge in [-0.25, -0.2) is 4.98 Å². The summed E-state index contributed by atoms with van der Waals surface area (Å²) in [5, 5.41) is 10.1. The fourth-order valence-corrected chi connectivity index (χ4v) is 4.29. The van der Waals surface area contributed by atoms with Gasteiger partial charge in [-0.3, -0.25) is 10.7 Å². The Morgan fingerprint density at radius 1 is 1.00 bits per heavy atom. The molecular weight excluding hydrogens is 396 g/mol. The summed E-state index contributed by atoms with van der Waals surface area (Å²) in [7, 11) is 0. The number of rotatable bonds is 8. The van der Waals surface area contributed by atoms with Crippen LogP contribution < -0.4 is 10.2 Å². The number of fused-ring (bicyclic) bond motifs is 1. The molecule has 1 aliphatic carbocycles. The fraction of sp³-hybridized carbons (Fsp3) is 0.179. The van der Waals surface area contributed by atoms with E-state index in [1.807, 2.05) is 48.5 Å². The molecule has 0 aliphatic heterocycles. The summed E-state index contributed by atoms with van der Waals surface area (Å²) in [5.41, 5.74) is 8.33. The fourth-order valence-electron chi connectivity index (χ4n) is 4.29. The average molecular weight is 423 g/mol. The molecule has 160 valence electrons. The van der Waals surface area contributed by atoms with Crippen LogP contribution in [0.15, 0.2) is 97.2 Å². The quantitative estimate of drug-likeness (QED) is 0.334. The third-order valence-electron chi connectivity index (χ3n) is 6.20. The molecule has 32 heavy (non-hydrogen) atoms. The molecule has 3 aromatic carbocycles. The van der Waals surface area contributed by atoms with E-state index in [1.54, 1.807) is 0 Å². The van der Waals surface area contributed by atoms with Gasteiger partial charge in [0.05, 0.1) is 11.2 Å². The molecule has 5 rings (SSSR count). The second-order valence-corrected chi connectivity index (χ2v) is 8.43. The second kappa shape index (κ2) is 8.85. The van der Waals surface area contributed by atoms with Crippen molar-refractivity contribution in [1.82, 2.24) is 10.5 Å². The zero-order valence-electron chi connectivity index (χ0n) is 17.9. The third-order valence-corrected chi connectivity index (χ3v) is 6.20. The zero-order valence-corrected chi connectivity index (χ0v) is 17.9. The topological polar surface area (TPSA) is 54.4 Å². The number of allylic oxidation sites excluding steroid dienone is 1. The lowest BCUT2D eigenvalue weighted by Gasteiger charge is -2.12. The first-order chi connectivity index (χ1) is 15.7. The highest BCUT2D eigenvalue weighted by atomic mass is 16.5. The highest BCUT2D eigenvalue weighted by molar-refractivity contribution is 5.85. The Labute approximate surface area is 188 Å². The number of para-hydroxylation sites is 1. The van der Waals surface area contributed by atoms with E-state index in [9.17, 15) is 0 Å². The number of hydroxylamine groups is 1. The van der Waals surface area contributed by atoms with Crippen LogP contribution in [0.5, 0.6) is 5.75 Å². The van der Waals surface area contributed by atoms with Gasteiger partial charge in [0.25, 0.3) is 0 Å². The van der Waals surface area contributed by atoms with Gasteiger partial charge in [-0.05, 0) is 48.6 Å². The average Bonchev–Trinajstić information content (AvgIpc) is 3.62. The molecule has 0 saturated heterocycles. The van der Waals surface area contributed by atoms with Gasteiger partial charge < -0.3 is 4.74 Å². The monoisotopic (exact) mass is 422 g/mol. The van der Waals surface area contributed by atoms with Crippen molar-refractivity contribution >= 4 is 10.9 Å². The molecule has 1 fully saturated rings. The lowest BCUT2D eigenvalue weighted by Crippen LogP contribution is -2.08. The summed E-state index contributed by atoms with van der Waals surface area (Å²) in [6, 6.07) is 28.9. The maximum absolute atomic E-state index is 9.00. The molecule has 4 aromatic rings. The van der Waals surface area contributed by atoms with Gasteiger partial charge in [-0.15, -0.1) is 0 Å². The van der Waals surface area contributed by atoms with Gasteiger partial charge in [-0.1, -0.05) is 67.2 Å². The van der Waals surface area contributed by atoms with Gasteiger partial charge >= 0.3 is 0 Å². The Morgan fingerprint density at radius 3 is 2.53 bits per heavy atom. The van der Waals surface area contributed by atoms with Crippen molar-refractivity contribution in [3.05, 3.63) is 108 Å². The SMILES string of the molecule is C=C(NO)C1CC1Cc1ccc(OCc2cc(-c3ccccc3)nc3ccccc23)cc1. The molecule has 1 heterocycles. The smallest absolute Gasteiger partial charge is 0.119 e. The minimum absolute atomic E-state index is 0.370. The molecule has 0 bridgehead atoms. The molecule has 1 aromatic heterocycles. The predicted molar refractivity (Wildman–Crippen MR) is 127 cm³/mol. The van der Waals surface area contributed by atoms with Crippen molar-refractivity contribution in [2.75, 3.05) is 0 Å². The van der Waals surface area contributed by atoms with Crippen LogP contribution >= 0.6 is 0 Å². The first-order valence-corrected chi connectivity index (χ1v) is 11.0. The molecule has 2 N–H and O–H groups in total. The summed E-state index contributed by atoms with van der Waals surface area (Å²) >= 11 is 0. The van der Waals surface area contributed by atoms with E-state index in [2.05, 4.69) is 48.5 Å². The molecule has 0 amide bonds. The summed E-state index contributed by atoms with van der Waals surface area (Å²) in [6.07, 6.45) is 2.06. The van der Waals surface area contributed by atoms with E-state index in [0.29, 0.717) is 18.4 Å². The first kappa shape index (κ1) is 20.3. The molecular formula is C28H26N2O2. The number of benzene rings is 3. The number of hydrogen-bond donors (Lipinski definition) is 2. The van der Waals surface area contributed by atoms with Crippen LogP contribution in [0.2, 0.25) is 0 Å². The Kier molecular flexibility index (Phi) is 5.61. The van der Waals surface area contributed by atoms with E-state index >= 15 is 0 Å². The van der Waals surface area contributed by atoms with Crippen molar-refractivity contribution in [2.24, 2.45) is 11.8 Å². The molecule has 2 atom stereocenters. The van der Waals surface area contributed by atoms with Crippen LogP contribution in [0.25, 0.3) is 22.2 Å². The summed E-state index contributed by atoms with van der Waals surface area (Å²) in [5.74, 6) is 1.77. The Morgan fingerprint density at radius 2 is 1.75 bits per heavy atom. The van der Waals surface area contributed by atoms with E-state index in [4.69, 9.17) is 14.9 Å². The van der Waals surface area contributed by atoms with Crippen molar-refractivity contribution in [3.8, 4) is 17.0 Å². The number of aromatic nitrogens is 1. The van der Waals surface area contributed by atoms with E-state index in [0.717, 1.165) is 52.0 Å². The number of ether oxygens (including phenoxy) is 1. The Bertz CT molecular complexity index is 1240. The van der Waals surface area contributed by atoms with Crippen LogP contribution in [0, 0.1) is 11.8 Å². The minimum atomic E-state index is 0.370. The Hall–Kier alpha value is -3.63.